The molecule has 13 heavy (non-hydrogen) atoms. The number of guanidine groups is 1. The van der Waals surface area contributed by atoms with Crippen molar-refractivity contribution in [2.45, 2.75) is 11.4 Å². The maximum atomic E-state index is 12.0. The molecule has 0 bridgehead atoms. The number of nitrogens with two attached hydrogens (primary N) is 2. The van der Waals surface area contributed by atoms with Crippen LogP contribution in [0, 0.1) is 0 Å². The van der Waals surface area contributed by atoms with E-state index in [1.54, 1.807) is 24.3 Å². The van der Waals surface area contributed by atoms with E-state index in [1.807, 2.05) is 0 Å². The van der Waals surface area contributed by atoms with Gasteiger partial charge in [0.05, 0.1) is 18.7 Å². The molecule has 0 fully saturated rings. The fourth-order valence-electron chi connectivity index (χ4n) is 0.829. The molecule has 0 heterocycles. The minimum absolute atomic E-state index is 0.0592. The topological polar surface area (TPSA) is 64.4 Å². The Morgan fingerprint density at radius 1 is 1.31 bits per heavy atom. The number of rotatable bonds is 3. The first kappa shape index (κ1) is 9.85. The zero-order valence-corrected chi connectivity index (χ0v) is 7.72. The molecule has 0 atom stereocenters. The molecule has 0 aliphatic carbocycles. The maximum absolute atomic E-state index is 12.0. The monoisotopic (exact) mass is 199 g/mol. The first-order valence-corrected chi connectivity index (χ1v) is 4.37. The third-order valence-corrected chi connectivity index (χ3v) is 1.91. The summed E-state index contributed by atoms with van der Waals surface area (Å²) in [7, 11) is 0. The number of nitrogens with zero attached hydrogens (tertiary/aromatic N) is 1. The Labute approximate surface area is 80.3 Å². The van der Waals surface area contributed by atoms with Gasteiger partial charge in [-0.3, -0.25) is 0 Å². The summed E-state index contributed by atoms with van der Waals surface area (Å²) in [5.74, 6) is 0.0592. The normalized spacial score (nSPS) is 9.62. The summed E-state index contributed by atoms with van der Waals surface area (Å²) in [6, 6.07) is 6.94. The van der Waals surface area contributed by atoms with Crippen molar-refractivity contribution in [2.75, 3.05) is 0 Å². The van der Waals surface area contributed by atoms with Crippen LogP contribution in [0.3, 0.4) is 0 Å². The molecule has 1 aromatic rings. The SMILES string of the molecule is NC(N)=NCc1ccc(SF)cc1. The lowest BCUT2D eigenvalue weighted by atomic mass is 10.2. The van der Waals surface area contributed by atoms with Gasteiger partial charge in [0.2, 0.25) is 0 Å². The highest BCUT2D eigenvalue weighted by Gasteiger charge is 1.93. The molecule has 5 heteroatoms. The molecule has 4 N–H and O–H groups in total. The van der Waals surface area contributed by atoms with Crippen LogP contribution in [0.2, 0.25) is 0 Å². The largest absolute Gasteiger partial charge is 0.370 e. The summed E-state index contributed by atoms with van der Waals surface area (Å²) in [6.07, 6.45) is 0. The van der Waals surface area contributed by atoms with Gasteiger partial charge in [0.15, 0.2) is 5.96 Å². The summed E-state index contributed by atoms with van der Waals surface area (Å²) >= 11 is 0.217. The number of aliphatic imine (C=N–C) groups is 1. The Hall–Kier alpha value is -1.23. The van der Waals surface area contributed by atoms with E-state index in [0.717, 1.165) is 5.56 Å². The first-order valence-electron chi connectivity index (χ1n) is 3.65. The molecule has 1 aromatic carbocycles. The van der Waals surface area contributed by atoms with Crippen LogP contribution in [0.1, 0.15) is 5.56 Å². The van der Waals surface area contributed by atoms with Crippen molar-refractivity contribution in [1.82, 2.24) is 0 Å². The van der Waals surface area contributed by atoms with Gasteiger partial charge in [-0.1, -0.05) is 12.1 Å². The van der Waals surface area contributed by atoms with Gasteiger partial charge < -0.3 is 11.5 Å². The number of halogens is 1. The van der Waals surface area contributed by atoms with Crippen molar-refractivity contribution < 1.29 is 3.89 Å². The molecule has 0 radical (unpaired) electrons. The standard InChI is InChI=1S/C8H10FN3S/c9-13-7-3-1-6(2-4-7)5-12-8(10)11/h1-4H,5H2,(H4,10,11,12). The molecule has 0 unspecified atom stereocenters. The molecular weight excluding hydrogens is 189 g/mol. The van der Waals surface area contributed by atoms with E-state index in [0.29, 0.717) is 11.4 Å². The summed E-state index contributed by atoms with van der Waals surface area (Å²) in [5, 5.41) is 0. The second-order valence-electron chi connectivity index (χ2n) is 2.46. The van der Waals surface area contributed by atoms with E-state index < -0.39 is 0 Å². The molecule has 0 aromatic heterocycles. The Balaban J connectivity index is 2.64. The number of benzene rings is 1. The third-order valence-electron chi connectivity index (χ3n) is 1.46. The predicted molar refractivity (Wildman–Crippen MR) is 52.9 cm³/mol. The van der Waals surface area contributed by atoms with Gasteiger partial charge >= 0.3 is 0 Å². The molecule has 0 amide bonds. The zero-order valence-electron chi connectivity index (χ0n) is 6.90. The van der Waals surface area contributed by atoms with Crippen LogP contribution < -0.4 is 11.5 Å². The molecule has 70 valence electrons. The molecule has 0 saturated heterocycles. The van der Waals surface area contributed by atoms with Crippen LogP contribution in [-0.2, 0) is 6.54 Å². The molecule has 0 aliphatic heterocycles. The van der Waals surface area contributed by atoms with Crippen LogP contribution in [0.25, 0.3) is 0 Å². The van der Waals surface area contributed by atoms with Crippen LogP contribution in [-0.4, -0.2) is 5.96 Å². The minimum atomic E-state index is 0.0592. The fraction of sp³-hybridized carbons (Fsp3) is 0.125. The molecule has 0 spiro atoms. The van der Waals surface area contributed by atoms with Gasteiger partial charge in [0.25, 0.3) is 0 Å². The van der Waals surface area contributed by atoms with Crippen LogP contribution in [0.4, 0.5) is 3.89 Å². The van der Waals surface area contributed by atoms with Crippen LogP contribution in [0.5, 0.6) is 0 Å². The Kier molecular flexibility index (Phi) is 3.57. The van der Waals surface area contributed by atoms with Gasteiger partial charge in [-0.2, -0.15) is 3.89 Å². The lowest BCUT2D eigenvalue weighted by Gasteiger charge is -1.97. The summed E-state index contributed by atoms with van der Waals surface area (Å²) in [6.45, 7) is 0.430. The number of hydrogen-bond donors (Lipinski definition) is 2. The van der Waals surface area contributed by atoms with Crippen LogP contribution >= 0.6 is 12.1 Å². The third kappa shape index (κ3) is 3.33. The van der Waals surface area contributed by atoms with Gasteiger partial charge in [-0.25, -0.2) is 4.99 Å². The highest BCUT2D eigenvalue weighted by molar-refractivity contribution is 7.94. The molecule has 3 nitrogen and oxygen atoms in total. The molecule has 0 aliphatic rings. The van der Waals surface area contributed by atoms with E-state index in [1.165, 1.54) is 0 Å². The van der Waals surface area contributed by atoms with Crippen molar-refractivity contribution in [1.29, 1.82) is 0 Å². The van der Waals surface area contributed by atoms with E-state index in [-0.39, 0.29) is 18.1 Å². The highest BCUT2D eigenvalue weighted by atomic mass is 32.2. The predicted octanol–water partition coefficient (Wildman–Crippen LogP) is 1.44. The fourth-order valence-corrected chi connectivity index (χ4v) is 1.07. The van der Waals surface area contributed by atoms with Gasteiger partial charge in [-0.15, -0.1) is 0 Å². The summed E-state index contributed by atoms with van der Waals surface area (Å²) in [5.41, 5.74) is 11.3. The maximum Gasteiger partial charge on any atom is 0.186 e. The van der Waals surface area contributed by atoms with Crippen molar-refractivity contribution in [3.05, 3.63) is 29.8 Å². The Bertz CT molecular complexity index is 293. The van der Waals surface area contributed by atoms with E-state index in [9.17, 15) is 3.89 Å². The lowest BCUT2D eigenvalue weighted by molar-refractivity contribution is 0.933. The highest BCUT2D eigenvalue weighted by Crippen LogP contribution is 2.18. The quantitative estimate of drug-likeness (QED) is 0.572. The van der Waals surface area contributed by atoms with Crippen molar-refractivity contribution in [2.24, 2.45) is 16.5 Å². The zero-order chi connectivity index (χ0) is 9.68. The summed E-state index contributed by atoms with van der Waals surface area (Å²) < 4.78 is 12.0. The van der Waals surface area contributed by atoms with E-state index in [2.05, 4.69) is 4.99 Å². The summed E-state index contributed by atoms with van der Waals surface area (Å²) in [4.78, 5) is 4.40. The van der Waals surface area contributed by atoms with Crippen molar-refractivity contribution in [3.8, 4) is 0 Å². The molecule has 0 saturated carbocycles. The van der Waals surface area contributed by atoms with Crippen LogP contribution in [0.15, 0.2) is 34.2 Å². The second-order valence-corrected chi connectivity index (χ2v) is 3.09. The Morgan fingerprint density at radius 2 is 1.92 bits per heavy atom. The van der Waals surface area contributed by atoms with Gasteiger partial charge in [-0.05, 0) is 17.7 Å². The first-order chi connectivity index (χ1) is 6.22. The van der Waals surface area contributed by atoms with E-state index >= 15 is 0 Å². The average molecular weight is 199 g/mol. The van der Waals surface area contributed by atoms with E-state index in [4.69, 9.17) is 11.5 Å². The molecular formula is C8H10FN3S. The van der Waals surface area contributed by atoms with Gasteiger partial charge in [0, 0.05) is 4.90 Å². The minimum Gasteiger partial charge on any atom is -0.370 e. The van der Waals surface area contributed by atoms with Crippen molar-refractivity contribution in [3.63, 3.8) is 0 Å². The second kappa shape index (κ2) is 4.71. The smallest absolute Gasteiger partial charge is 0.186 e. The number of hydrogen-bond acceptors (Lipinski definition) is 2. The lowest BCUT2D eigenvalue weighted by Crippen LogP contribution is -2.22. The average Bonchev–Trinajstić information content (AvgIpc) is 2.15. The van der Waals surface area contributed by atoms with Crippen molar-refractivity contribution >= 4 is 18.1 Å². The van der Waals surface area contributed by atoms with Gasteiger partial charge in [0.1, 0.15) is 0 Å². The Morgan fingerprint density at radius 3 is 2.38 bits per heavy atom. The molecule has 1 rings (SSSR count).